The molecule has 2 heterocycles. The Morgan fingerprint density at radius 2 is 1.86 bits per heavy atom. The summed E-state index contributed by atoms with van der Waals surface area (Å²) in [7, 11) is 0. The Morgan fingerprint density at radius 3 is 2.57 bits per heavy atom. The number of hydrogen-bond donors (Lipinski definition) is 1. The topological polar surface area (TPSA) is 72.0 Å². The monoisotopic (exact) mass is 321 g/mol. The summed E-state index contributed by atoms with van der Waals surface area (Å²) in [5.41, 5.74) is 0.958. The molecule has 0 amide bonds. The van der Waals surface area contributed by atoms with Crippen molar-refractivity contribution in [3.8, 4) is 17.3 Å². The first-order chi connectivity index (χ1) is 10.1. The van der Waals surface area contributed by atoms with Crippen LogP contribution in [0.2, 0.25) is 10.0 Å². The lowest BCUT2D eigenvalue weighted by molar-refractivity contribution is 0.416. The van der Waals surface area contributed by atoms with Crippen molar-refractivity contribution in [1.82, 2.24) is 15.1 Å². The Kier molecular flexibility index (Phi) is 3.77. The highest BCUT2D eigenvalue weighted by Gasteiger charge is 2.16. The first-order valence-corrected chi connectivity index (χ1v) is 6.80. The van der Waals surface area contributed by atoms with Crippen LogP contribution in [0.1, 0.15) is 11.4 Å². The molecule has 0 fully saturated rings. The highest BCUT2D eigenvalue weighted by molar-refractivity contribution is 6.36. The fourth-order valence-electron chi connectivity index (χ4n) is 1.84. The van der Waals surface area contributed by atoms with E-state index in [-0.39, 0.29) is 17.3 Å². The number of benzene rings is 1. The molecule has 0 aliphatic heterocycles. The first kappa shape index (κ1) is 13.9. The van der Waals surface area contributed by atoms with Crippen LogP contribution >= 0.6 is 23.2 Å². The molecule has 21 heavy (non-hydrogen) atoms. The highest BCUT2D eigenvalue weighted by atomic mass is 35.5. The van der Waals surface area contributed by atoms with Gasteiger partial charge in [0.15, 0.2) is 11.5 Å². The quantitative estimate of drug-likeness (QED) is 0.795. The summed E-state index contributed by atoms with van der Waals surface area (Å²) < 4.78 is 5.11. The van der Waals surface area contributed by atoms with Crippen molar-refractivity contribution in [2.75, 3.05) is 0 Å². The Hall–Kier alpha value is -2.11. The van der Waals surface area contributed by atoms with Crippen molar-refractivity contribution in [1.29, 1.82) is 0 Å². The summed E-state index contributed by atoms with van der Waals surface area (Å²) in [4.78, 5) is 8.21. The summed E-state index contributed by atoms with van der Waals surface area (Å²) in [5.74, 6) is 0.528. The highest BCUT2D eigenvalue weighted by Crippen LogP contribution is 2.28. The van der Waals surface area contributed by atoms with Gasteiger partial charge in [-0.15, -0.1) is 0 Å². The normalized spacial score (nSPS) is 10.8. The largest absolute Gasteiger partial charge is 0.505 e. The first-order valence-electron chi connectivity index (χ1n) is 6.05. The van der Waals surface area contributed by atoms with Crippen LogP contribution in [0.5, 0.6) is 5.75 Å². The smallest absolute Gasteiger partial charge is 0.280 e. The number of aromatic nitrogens is 3. The zero-order valence-corrected chi connectivity index (χ0v) is 12.1. The van der Waals surface area contributed by atoms with E-state index in [1.165, 1.54) is 12.3 Å². The minimum atomic E-state index is -0.0246. The standard InChI is InChI=1S/C14H9Cl2N3O2/c15-9-3-1-4-10(16)8(9)7-12-18-14(21-19-12)13-11(20)5-2-6-17-13/h1-6,20H,7H2. The fraction of sp³-hybridized carbons (Fsp3) is 0.0714. The van der Waals surface area contributed by atoms with E-state index in [2.05, 4.69) is 15.1 Å². The van der Waals surface area contributed by atoms with E-state index in [4.69, 9.17) is 27.7 Å². The molecular formula is C14H9Cl2N3O2. The maximum absolute atomic E-state index is 9.72. The van der Waals surface area contributed by atoms with Gasteiger partial charge in [-0.3, -0.25) is 0 Å². The van der Waals surface area contributed by atoms with Crippen LogP contribution in [-0.4, -0.2) is 20.2 Å². The second-order valence-corrected chi connectivity index (χ2v) is 5.08. The third-order valence-corrected chi connectivity index (χ3v) is 3.56. The molecule has 2 aromatic heterocycles. The zero-order chi connectivity index (χ0) is 14.8. The average Bonchev–Trinajstić information content (AvgIpc) is 2.92. The molecule has 3 rings (SSSR count). The van der Waals surface area contributed by atoms with Crippen molar-refractivity contribution in [3.63, 3.8) is 0 Å². The van der Waals surface area contributed by atoms with Gasteiger partial charge in [-0.2, -0.15) is 4.98 Å². The summed E-state index contributed by atoms with van der Waals surface area (Å²) >= 11 is 12.2. The van der Waals surface area contributed by atoms with Gasteiger partial charge in [0.05, 0.1) is 0 Å². The Morgan fingerprint density at radius 1 is 1.10 bits per heavy atom. The van der Waals surface area contributed by atoms with E-state index >= 15 is 0 Å². The molecule has 0 saturated heterocycles. The molecule has 1 aromatic carbocycles. The minimum Gasteiger partial charge on any atom is -0.505 e. The Bertz CT molecular complexity index is 769. The average molecular weight is 322 g/mol. The van der Waals surface area contributed by atoms with E-state index in [1.54, 1.807) is 24.3 Å². The summed E-state index contributed by atoms with van der Waals surface area (Å²) in [5, 5.41) is 14.6. The molecule has 5 nitrogen and oxygen atoms in total. The summed E-state index contributed by atoms with van der Waals surface area (Å²) in [6.07, 6.45) is 1.86. The molecule has 0 saturated carbocycles. The van der Waals surface area contributed by atoms with Crippen LogP contribution < -0.4 is 0 Å². The van der Waals surface area contributed by atoms with Crippen LogP contribution in [-0.2, 0) is 6.42 Å². The molecule has 0 bridgehead atoms. The molecule has 3 aromatic rings. The van der Waals surface area contributed by atoms with Gasteiger partial charge in [-0.25, -0.2) is 4.98 Å². The number of halogens is 2. The van der Waals surface area contributed by atoms with Crippen LogP contribution in [0.4, 0.5) is 0 Å². The van der Waals surface area contributed by atoms with Gasteiger partial charge in [-0.1, -0.05) is 34.4 Å². The molecule has 0 atom stereocenters. The maximum atomic E-state index is 9.72. The summed E-state index contributed by atoms with van der Waals surface area (Å²) in [6, 6.07) is 8.36. The number of rotatable bonds is 3. The molecule has 0 aliphatic carbocycles. The third kappa shape index (κ3) is 2.84. The SMILES string of the molecule is Oc1cccnc1-c1nc(Cc2c(Cl)cccc2Cl)no1. The number of nitrogens with zero attached hydrogens (tertiary/aromatic N) is 3. The molecule has 0 aliphatic rings. The zero-order valence-electron chi connectivity index (χ0n) is 10.6. The van der Waals surface area contributed by atoms with E-state index < -0.39 is 0 Å². The Balaban J connectivity index is 1.91. The van der Waals surface area contributed by atoms with Crippen LogP contribution in [0.25, 0.3) is 11.6 Å². The predicted octanol–water partition coefficient (Wildman–Crippen LogP) is 3.73. The molecule has 0 radical (unpaired) electrons. The van der Waals surface area contributed by atoms with Gasteiger partial charge in [0.1, 0.15) is 5.75 Å². The minimum absolute atomic E-state index is 0.0246. The van der Waals surface area contributed by atoms with Gasteiger partial charge < -0.3 is 9.63 Å². The molecule has 0 spiro atoms. The molecule has 7 heteroatoms. The maximum Gasteiger partial charge on any atom is 0.280 e. The van der Waals surface area contributed by atoms with Gasteiger partial charge in [0.25, 0.3) is 5.89 Å². The van der Waals surface area contributed by atoms with Crippen molar-refractivity contribution in [3.05, 3.63) is 58.0 Å². The number of hydrogen-bond acceptors (Lipinski definition) is 5. The molecule has 1 N–H and O–H groups in total. The lowest BCUT2D eigenvalue weighted by Gasteiger charge is -2.03. The molecule has 0 unspecified atom stereocenters. The van der Waals surface area contributed by atoms with Crippen molar-refractivity contribution >= 4 is 23.2 Å². The van der Waals surface area contributed by atoms with E-state index in [0.717, 1.165) is 5.56 Å². The Labute approximate surface area is 130 Å². The fourth-order valence-corrected chi connectivity index (χ4v) is 2.37. The number of aromatic hydroxyl groups is 1. The van der Waals surface area contributed by atoms with Crippen molar-refractivity contribution < 1.29 is 9.63 Å². The molecule has 106 valence electrons. The summed E-state index contributed by atoms with van der Waals surface area (Å²) in [6.45, 7) is 0. The third-order valence-electron chi connectivity index (χ3n) is 2.85. The second kappa shape index (κ2) is 5.71. The van der Waals surface area contributed by atoms with Crippen LogP contribution in [0, 0.1) is 0 Å². The van der Waals surface area contributed by atoms with Crippen LogP contribution in [0.15, 0.2) is 41.1 Å². The van der Waals surface area contributed by atoms with Crippen LogP contribution in [0.3, 0.4) is 0 Å². The number of pyridine rings is 1. The lowest BCUT2D eigenvalue weighted by atomic mass is 10.1. The van der Waals surface area contributed by atoms with Gasteiger partial charge >= 0.3 is 0 Å². The van der Waals surface area contributed by atoms with Gasteiger partial charge in [0, 0.05) is 22.7 Å². The van der Waals surface area contributed by atoms with Crippen molar-refractivity contribution in [2.24, 2.45) is 0 Å². The van der Waals surface area contributed by atoms with E-state index in [1.807, 2.05) is 0 Å². The van der Waals surface area contributed by atoms with Gasteiger partial charge in [0.2, 0.25) is 0 Å². The lowest BCUT2D eigenvalue weighted by Crippen LogP contribution is -1.93. The van der Waals surface area contributed by atoms with E-state index in [9.17, 15) is 5.11 Å². The predicted molar refractivity (Wildman–Crippen MR) is 78.5 cm³/mol. The second-order valence-electron chi connectivity index (χ2n) is 4.26. The van der Waals surface area contributed by atoms with Crippen molar-refractivity contribution in [2.45, 2.75) is 6.42 Å². The van der Waals surface area contributed by atoms with E-state index in [0.29, 0.717) is 22.3 Å². The van der Waals surface area contributed by atoms with Gasteiger partial charge in [-0.05, 0) is 29.8 Å². The molecular weight excluding hydrogens is 313 g/mol.